The van der Waals surface area contributed by atoms with Crippen LogP contribution in [-0.2, 0) is 90.5 Å². The molecule has 19 nitrogen and oxygen atoms in total. The second kappa shape index (κ2) is 16.8. The highest BCUT2D eigenvalue weighted by Crippen LogP contribution is 2.33. The van der Waals surface area contributed by atoms with Gasteiger partial charge in [-0.15, -0.1) is 0 Å². The number of carbonyl (C=O) groups is 8. The van der Waals surface area contributed by atoms with Crippen molar-refractivity contribution in [3.05, 3.63) is 0 Å². The second-order valence-corrected chi connectivity index (χ2v) is 9.88. The van der Waals surface area contributed by atoms with E-state index >= 15 is 0 Å². The van der Waals surface area contributed by atoms with Crippen LogP contribution in [0.3, 0.4) is 0 Å². The molecule has 0 aromatic heterocycles. The SMILES string of the molecule is COC(=O)C1O[C@@H](OC[C@H]2O[C@@H](OC(C)=O)[C@H](OC(C)=O)[C@@H](OC(C)=O)[C@H]2OC(C)=O)[C@H](OC(C)=O)[C@@H](OC(C)=O)[C@@H]1OC(C)=O. The van der Waals surface area contributed by atoms with Crippen molar-refractivity contribution in [2.45, 2.75) is 110 Å². The van der Waals surface area contributed by atoms with E-state index in [-0.39, 0.29) is 0 Å². The molecule has 0 aliphatic carbocycles. The monoisotopic (exact) mass is 664 g/mol. The van der Waals surface area contributed by atoms with Gasteiger partial charge in [0.1, 0.15) is 6.10 Å². The molecule has 0 aromatic carbocycles. The minimum absolute atomic E-state index is 0.721. The molecule has 0 bridgehead atoms. The Hall–Kier alpha value is -4.36. The van der Waals surface area contributed by atoms with Crippen LogP contribution in [0.1, 0.15) is 48.5 Å². The Morgan fingerprint density at radius 3 is 1.26 bits per heavy atom. The summed E-state index contributed by atoms with van der Waals surface area (Å²) in [7, 11) is 0.995. The number of hydrogen-bond donors (Lipinski definition) is 0. The fraction of sp³-hybridized carbons (Fsp3) is 0.704. The number of hydrogen-bond acceptors (Lipinski definition) is 19. The van der Waals surface area contributed by atoms with Crippen molar-refractivity contribution in [3.63, 3.8) is 0 Å². The standard InChI is InChI=1S/C27H36O19/c1-10(28)38-18-17(45-27(44-16(7)34)24(43-15(6)33)19(18)39-11(2)29)9-37-26-23(42-14(5)32)21(41-13(4)31)20(40-12(3)30)22(46-26)25(35)36-8/h17-24,26-27H,9H2,1-8H3/t17-,18+,19+,20+,21+,22?,23-,24-,26-,27-/m1/s1. The van der Waals surface area contributed by atoms with Crippen LogP contribution in [0.15, 0.2) is 0 Å². The Balaban J connectivity index is 2.58. The number of ether oxygens (including phenoxy) is 11. The second-order valence-electron chi connectivity index (χ2n) is 9.88. The van der Waals surface area contributed by atoms with E-state index in [9.17, 15) is 38.4 Å². The molecule has 0 amide bonds. The maximum atomic E-state index is 12.7. The Bertz CT molecular complexity index is 1180. The molecule has 2 aliphatic rings. The van der Waals surface area contributed by atoms with Gasteiger partial charge in [0.05, 0.1) is 13.7 Å². The van der Waals surface area contributed by atoms with Crippen LogP contribution >= 0.6 is 0 Å². The first kappa shape index (κ1) is 37.8. The fourth-order valence-electron chi connectivity index (χ4n) is 4.65. The number of methoxy groups -OCH3 is 1. The van der Waals surface area contributed by atoms with E-state index in [2.05, 4.69) is 0 Å². The van der Waals surface area contributed by atoms with Gasteiger partial charge in [-0.05, 0) is 0 Å². The Labute approximate surface area is 262 Å². The third-order valence-corrected chi connectivity index (χ3v) is 6.04. The molecule has 0 aromatic rings. The van der Waals surface area contributed by atoms with Crippen molar-refractivity contribution in [2.24, 2.45) is 0 Å². The molecule has 0 N–H and O–H groups in total. The molecule has 2 aliphatic heterocycles. The molecule has 10 atom stereocenters. The zero-order chi connectivity index (χ0) is 34.9. The topological polar surface area (TPSA) is 238 Å². The first-order valence-corrected chi connectivity index (χ1v) is 13.7. The van der Waals surface area contributed by atoms with Crippen molar-refractivity contribution in [2.75, 3.05) is 13.7 Å². The predicted molar refractivity (Wildman–Crippen MR) is 140 cm³/mol. The van der Waals surface area contributed by atoms with Crippen molar-refractivity contribution >= 4 is 47.8 Å². The van der Waals surface area contributed by atoms with Gasteiger partial charge in [0.25, 0.3) is 0 Å². The highest BCUT2D eigenvalue weighted by molar-refractivity contribution is 5.77. The largest absolute Gasteiger partial charge is 0.467 e. The van der Waals surface area contributed by atoms with Crippen LogP contribution in [0.25, 0.3) is 0 Å². The maximum absolute atomic E-state index is 12.7. The molecule has 46 heavy (non-hydrogen) atoms. The summed E-state index contributed by atoms with van der Waals surface area (Å²) in [4.78, 5) is 96.7. The van der Waals surface area contributed by atoms with Gasteiger partial charge in [0, 0.05) is 48.5 Å². The van der Waals surface area contributed by atoms with Crippen molar-refractivity contribution < 1.29 is 90.5 Å². The van der Waals surface area contributed by atoms with Crippen molar-refractivity contribution in [1.29, 1.82) is 0 Å². The predicted octanol–water partition coefficient (Wildman–Crippen LogP) is -1.22. The zero-order valence-electron chi connectivity index (χ0n) is 26.2. The lowest BCUT2D eigenvalue weighted by atomic mass is 9.97. The maximum Gasteiger partial charge on any atom is 0.339 e. The molecular formula is C27H36O19. The lowest BCUT2D eigenvalue weighted by Crippen LogP contribution is -2.65. The minimum Gasteiger partial charge on any atom is -0.467 e. The summed E-state index contributed by atoms with van der Waals surface area (Å²) in [5.41, 5.74) is 0. The Morgan fingerprint density at radius 2 is 0.826 bits per heavy atom. The summed E-state index contributed by atoms with van der Waals surface area (Å²) < 4.78 is 58.8. The molecule has 19 heteroatoms. The molecule has 1 unspecified atom stereocenters. The third kappa shape index (κ3) is 10.6. The molecule has 2 fully saturated rings. The molecule has 2 heterocycles. The molecule has 258 valence electrons. The summed E-state index contributed by atoms with van der Waals surface area (Å²) in [5.74, 6) is -7.49. The van der Waals surface area contributed by atoms with Crippen LogP contribution in [-0.4, -0.2) is 123 Å². The van der Waals surface area contributed by atoms with E-state index in [0.29, 0.717) is 0 Å². The summed E-state index contributed by atoms with van der Waals surface area (Å²) >= 11 is 0. The van der Waals surface area contributed by atoms with Crippen LogP contribution in [0.4, 0.5) is 0 Å². The summed E-state index contributed by atoms with van der Waals surface area (Å²) in [5, 5.41) is 0. The van der Waals surface area contributed by atoms with Gasteiger partial charge >= 0.3 is 47.8 Å². The van der Waals surface area contributed by atoms with Crippen LogP contribution in [0.5, 0.6) is 0 Å². The minimum atomic E-state index is -1.80. The first-order valence-electron chi connectivity index (χ1n) is 13.7. The molecular weight excluding hydrogens is 628 g/mol. The van der Waals surface area contributed by atoms with E-state index < -0.39 is 116 Å². The van der Waals surface area contributed by atoms with Gasteiger partial charge in [-0.25, -0.2) is 4.79 Å². The lowest BCUT2D eigenvalue weighted by molar-refractivity contribution is -0.327. The van der Waals surface area contributed by atoms with E-state index in [4.69, 9.17) is 52.1 Å². The normalized spacial score (nSPS) is 30.4. The molecule has 2 saturated heterocycles. The van der Waals surface area contributed by atoms with Crippen LogP contribution in [0, 0.1) is 0 Å². The summed E-state index contributed by atoms with van der Waals surface area (Å²) in [6.45, 7) is 6.33. The van der Waals surface area contributed by atoms with Gasteiger partial charge in [-0.3, -0.25) is 33.6 Å². The molecule has 0 saturated carbocycles. The van der Waals surface area contributed by atoms with Gasteiger partial charge in [-0.1, -0.05) is 0 Å². The van der Waals surface area contributed by atoms with Crippen LogP contribution < -0.4 is 0 Å². The molecule has 0 radical (unpaired) electrons. The highest BCUT2D eigenvalue weighted by atomic mass is 16.8. The number of rotatable bonds is 11. The van der Waals surface area contributed by atoms with Crippen molar-refractivity contribution in [3.8, 4) is 0 Å². The third-order valence-electron chi connectivity index (χ3n) is 6.04. The Morgan fingerprint density at radius 1 is 0.457 bits per heavy atom. The van der Waals surface area contributed by atoms with E-state index in [1.54, 1.807) is 0 Å². The summed E-state index contributed by atoms with van der Waals surface area (Å²) in [6.07, 6.45) is -16.7. The quantitative estimate of drug-likeness (QED) is 0.186. The average molecular weight is 665 g/mol. The van der Waals surface area contributed by atoms with E-state index in [1.807, 2.05) is 0 Å². The fourth-order valence-corrected chi connectivity index (χ4v) is 4.65. The highest BCUT2D eigenvalue weighted by Gasteiger charge is 2.57. The number of carbonyl (C=O) groups excluding carboxylic acids is 8. The van der Waals surface area contributed by atoms with Crippen LogP contribution in [0.2, 0.25) is 0 Å². The first-order chi connectivity index (χ1) is 21.4. The summed E-state index contributed by atoms with van der Waals surface area (Å²) in [6, 6.07) is 0. The Kier molecular flexibility index (Phi) is 13.8. The average Bonchev–Trinajstić information content (AvgIpc) is 2.91. The molecule has 2 rings (SSSR count). The van der Waals surface area contributed by atoms with Gasteiger partial charge in [0.15, 0.2) is 42.9 Å². The lowest BCUT2D eigenvalue weighted by Gasteiger charge is -2.45. The number of esters is 8. The van der Waals surface area contributed by atoms with Crippen molar-refractivity contribution in [1.82, 2.24) is 0 Å². The zero-order valence-corrected chi connectivity index (χ0v) is 26.2. The van der Waals surface area contributed by atoms with Gasteiger partial charge in [-0.2, -0.15) is 0 Å². The van der Waals surface area contributed by atoms with Gasteiger partial charge in [0.2, 0.25) is 12.4 Å². The molecule has 0 spiro atoms. The van der Waals surface area contributed by atoms with Gasteiger partial charge < -0.3 is 52.1 Å². The smallest absolute Gasteiger partial charge is 0.339 e. The van der Waals surface area contributed by atoms with E-state index in [1.165, 1.54) is 0 Å². The van der Waals surface area contributed by atoms with E-state index in [0.717, 1.165) is 55.6 Å².